The number of hydrogen-bond donors (Lipinski definition) is 0. The van der Waals surface area contributed by atoms with E-state index in [1.165, 1.54) is 37.4 Å². The number of aromatic nitrogens is 3. The molecule has 0 N–H and O–H groups in total. The van der Waals surface area contributed by atoms with Crippen LogP contribution in [0.2, 0.25) is 0 Å². The predicted octanol–water partition coefficient (Wildman–Crippen LogP) is 5.61. The van der Waals surface area contributed by atoms with Crippen LogP contribution in [0.25, 0.3) is 11.7 Å². The van der Waals surface area contributed by atoms with E-state index in [4.69, 9.17) is 8.83 Å². The van der Waals surface area contributed by atoms with Gasteiger partial charge in [0.1, 0.15) is 0 Å². The smallest absolute Gasteiger partial charge is 0.284 e. The first-order valence-corrected chi connectivity index (χ1v) is 11.0. The van der Waals surface area contributed by atoms with Gasteiger partial charge in [-0.25, -0.2) is 0 Å². The number of allylic oxidation sites excluding steroid dienone is 2. The van der Waals surface area contributed by atoms with Gasteiger partial charge in [0.05, 0.1) is 12.0 Å². The molecule has 6 nitrogen and oxygen atoms in total. The molecule has 0 aromatic carbocycles. The Morgan fingerprint density at radius 2 is 2.17 bits per heavy atom. The highest BCUT2D eigenvalue weighted by molar-refractivity contribution is 7.99. The van der Waals surface area contributed by atoms with Crippen LogP contribution >= 0.6 is 11.8 Å². The van der Waals surface area contributed by atoms with Crippen LogP contribution in [-0.4, -0.2) is 26.3 Å². The largest absolute Gasteiger partial charge is 0.459 e. The summed E-state index contributed by atoms with van der Waals surface area (Å²) in [5.41, 5.74) is 4.49. The summed E-state index contributed by atoms with van der Waals surface area (Å²) in [7, 11) is 0. The van der Waals surface area contributed by atoms with E-state index in [-0.39, 0.29) is 11.5 Å². The maximum Gasteiger partial charge on any atom is 0.284 e. The van der Waals surface area contributed by atoms with E-state index in [0.717, 1.165) is 29.9 Å². The van der Waals surface area contributed by atoms with Crippen LogP contribution in [0.3, 0.4) is 0 Å². The first kappa shape index (κ1) is 19.8. The zero-order chi connectivity index (χ0) is 20.2. The molecule has 0 bridgehead atoms. The minimum Gasteiger partial charge on any atom is -0.459 e. The SMILES string of the molecule is Cc1cc(C(=O)CSc2nnc(-c3ccco3)o2)c(C)n1CCC1=CCCCC1. The van der Waals surface area contributed by atoms with Crippen LogP contribution in [-0.2, 0) is 6.54 Å². The molecule has 0 spiro atoms. The summed E-state index contributed by atoms with van der Waals surface area (Å²) >= 11 is 1.25. The van der Waals surface area contributed by atoms with Gasteiger partial charge in [-0.05, 0) is 64.2 Å². The fraction of sp³-hybridized carbons (Fsp3) is 0.409. The van der Waals surface area contributed by atoms with Gasteiger partial charge in [0.25, 0.3) is 11.1 Å². The van der Waals surface area contributed by atoms with E-state index in [0.29, 0.717) is 16.9 Å². The number of nitrogens with zero attached hydrogens (tertiary/aromatic N) is 3. The first-order chi connectivity index (χ1) is 14.1. The fourth-order valence-corrected chi connectivity index (χ4v) is 4.43. The van der Waals surface area contributed by atoms with Gasteiger partial charge in [-0.2, -0.15) is 0 Å². The number of rotatable bonds is 8. The van der Waals surface area contributed by atoms with Gasteiger partial charge in [0.2, 0.25) is 0 Å². The Morgan fingerprint density at radius 1 is 1.28 bits per heavy atom. The molecule has 0 amide bonds. The Labute approximate surface area is 174 Å². The number of aryl methyl sites for hydroxylation is 1. The highest BCUT2D eigenvalue weighted by Crippen LogP contribution is 2.26. The Kier molecular flexibility index (Phi) is 6.04. The summed E-state index contributed by atoms with van der Waals surface area (Å²) < 4.78 is 13.1. The molecule has 3 aromatic rings. The van der Waals surface area contributed by atoms with Crippen molar-refractivity contribution in [3.8, 4) is 11.7 Å². The Bertz CT molecular complexity index is 1010. The third-order valence-corrected chi connectivity index (χ3v) is 6.20. The van der Waals surface area contributed by atoms with Gasteiger partial charge in [-0.3, -0.25) is 4.79 Å². The topological polar surface area (TPSA) is 74.1 Å². The van der Waals surface area contributed by atoms with Gasteiger partial charge >= 0.3 is 0 Å². The highest BCUT2D eigenvalue weighted by Gasteiger charge is 2.18. The van der Waals surface area contributed by atoms with E-state index in [2.05, 4.69) is 27.8 Å². The Morgan fingerprint density at radius 3 is 2.93 bits per heavy atom. The molecule has 4 rings (SSSR count). The lowest BCUT2D eigenvalue weighted by Gasteiger charge is -2.15. The predicted molar refractivity (Wildman–Crippen MR) is 112 cm³/mol. The van der Waals surface area contributed by atoms with Crippen LogP contribution < -0.4 is 0 Å². The molecule has 0 aliphatic heterocycles. The lowest BCUT2D eigenvalue weighted by molar-refractivity contribution is 0.102. The maximum atomic E-state index is 12.8. The van der Waals surface area contributed by atoms with Crippen molar-refractivity contribution in [3.05, 3.63) is 53.1 Å². The van der Waals surface area contributed by atoms with Crippen LogP contribution in [0, 0.1) is 13.8 Å². The number of Topliss-reactive ketones (excluding diaryl/α,β-unsaturated/α-hetero) is 1. The number of thioether (sulfide) groups is 1. The third-order valence-electron chi connectivity index (χ3n) is 5.38. The van der Waals surface area contributed by atoms with Gasteiger partial charge in [-0.1, -0.05) is 23.4 Å². The zero-order valence-electron chi connectivity index (χ0n) is 16.8. The zero-order valence-corrected chi connectivity index (χ0v) is 17.6. The standard InChI is InChI=1S/C22H25N3O3S/c1-15-13-18(16(2)25(15)11-10-17-7-4-3-5-8-17)19(26)14-29-22-24-23-21(28-22)20-9-6-12-27-20/h6-7,9,12-13H,3-5,8,10-11,14H2,1-2H3. The minimum atomic E-state index is 0.0731. The highest BCUT2D eigenvalue weighted by atomic mass is 32.2. The van der Waals surface area contributed by atoms with Crippen LogP contribution in [0.4, 0.5) is 0 Å². The van der Waals surface area contributed by atoms with Crippen LogP contribution in [0.5, 0.6) is 0 Å². The molecule has 0 unspecified atom stereocenters. The van der Waals surface area contributed by atoms with E-state index in [1.807, 2.05) is 13.0 Å². The summed E-state index contributed by atoms with van der Waals surface area (Å²) in [6.45, 7) is 5.03. The number of hydrogen-bond acceptors (Lipinski definition) is 6. The van der Waals surface area contributed by atoms with Gasteiger partial charge in [0, 0.05) is 23.5 Å². The fourth-order valence-electron chi connectivity index (χ4n) is 3.79. The molecule has 1 aliphatic rings. The molecule has 7 heteroatoms. The number of ketones is 1. The van der Waals surface area contributed by atoms with Crippen molar-refractivity contribution < 1.29 is 13.6 Å². The van der Waals surface area contributed by atoms with Gasteiger partial charge in [-0.15, -0.1) is 10.2 Å². The molecular weight excluding hydrogens is 386 g/mol. The number of carbonyl (C=O) groups excluding carboxylic acids is 1. The number of carbonyl (C=O) groups is 1. The third kappa shape index (κ3) is 4.56. The molecular formula is C22H25N3O3S. The molecule has 0 saturated carbocycles. The average molecular weight is 412 g/mol. The summed E-state index contributed by atoms with van der Waals surface area (Å²) in [6, 6.07) is 5.51. The molecule has 0 fully saturated rings. The van der Waals surface area contributed by atoms with E-state index >= 15 is 0 Å². The van der Waals surface area contributed by atoms with Crippen molar-refractivity contribution >= 4 is 17.5 Å². The monoisotopic (exact) mass is 411 g/mol. The number of furan rings is 1. The first-order valence-electron chi connectivity index (χ1n) is 10.00. The molecule has 3 heterocycles. The Hall–Kier alpha value is -2.54. The summed E-state index contributed by atoms with van der Waals surface area (Å²) in [5, 5.41) is 8.31. The molecule has 3 aromatic heterocycles. The second-order valence-corrected chi connectivity index (χ2v) is 8.28. The lowest BCUT2D eigenvalue weighted by atomic mass is 9.97. The molecule has 0 atom stereocenters. The van der Waals surface area contributed by atoms with E-state index in [1.54, 1.807) is 24.0 Å². The second-order valence-electron chi connectivity index (χ2n) is 7.36. The quantitative estimate of drug-likeness (QED) is 0.272. The molecule has 0 saturated heterocycles. The van der Waals surface area contributed by atoms with E-state index < -0.39 is 0 Å². The van der Waals surface area contributed by atoms with Crippen molar-refractivity contribution in [3.63, 3.8) is 0 Å². The summed E-state index contributed by atoms with van der Waals surface area (Å²) in [6.07, 6.45) is 10.0. The van der Waals surface area contributed by atoms with Gasteiger partial charge in [0.15, 0.2) is 11.5 Å². The van der Waals surface area contributed by atoms with Crippen molar-refractivity contribution in [2.24, 2.45) is 0 Å². The summed E-state index contributed by atoms with van der Waals surface area (Å²) in [4.78, 5) is 12.8. The van der Waals surface area contributed by atoms with Crippen molar-refractivity contribution in [1.29, 1.82) is 0 Å². The maximum absolute atomic E-state index is 12.8. The molecule has 1 aliphatic carbocycles. The van der Waals surface area contributed by atoms with Crippen molar-refractivity contribution in [2.45, 2.75) is 57.7 Å². The van der Waals surface area contributed by atoms with Gasteiger partial charge < -0.3 is 13.4 Å². The summed E-state index contributed by atoms with van der Waals surface area (Å²) in [5.74, 6) is 1.17. The normalized spacial score (nSPS) is 14.2. The minimum absolute atomic E-state index is 0.0731. The lowest BCUT2D eigenvalue weighted by Crippen LogP contribution is -2.08. The Balaban J connectivity index is 1.38. The van der Waals surface area contributed by atoms with Crippen molar-refractivity contribution in [2.75, 3.05) is 5.75 Å². The van der Waals surface area contributed by atoms with Crippen LogP contribution in [0.1, 0.15) is 53.8 Å². The molecule has 0 radical (unpaired) electrons. The second kappa shape index (κ2) is 8.86. The van der Waals surface area contributed by atoms with Crippen LogP contribution in [0.15, 0.2) is 50.2 Å². The van der Waals surface area contributed by atoms with Crippen molar-refractivity contribution in [1.82, 2.24) is 14.8 Å². The van der Waals surface area contributed by atoms with E-state index in [9.17, 15) is 4.79 Å². The molecule has 29 heavy (non-hydrogen) atoms. The average Bonchev–Trinajstić information content (AvgIpc) is 3.47. The molecule has 152 valence electrons.